The molecule has 5 heteroatoms. The number of aliphatic hydroxyl groups excluding tert-OH is 1. The van der Waals surface area contributed by atoms with Gasteiger partial charge in [-0.1, -0.05) is 24.3 Å². The van der Waals surface area contributed by atoms with Crippen LogP contribution >= 0.6 is 0 Å². The second-order valence-electron chi connectivity index (χ2n) is 5.74. The fourth-order valence-electron chi connectivity index (χ4n) is 2.69. The monoisotopic (exact) mass is 328 g/mol. The van der Waals surface area contributed by atoms with Gasteiger partial charge in [0.15, 0.2) is 0 Å². The minimum absolute atomic E-state index is 0.0164. The third kappa shape index (κ3) is 5.08. The maximum absolute atomic E-state index is 10.6. The van der Waals surface area contributed by atoms with Crippen LogP contribution in [0, 0.1) is 0 Å². The molecule has 0 saturated heterocycles. The molecule has 2 aromatic rings. The summed E-state index contributed by atoms with van der Waals surface area (Å²) in [5, 5.41) is 15.8. The normalized spacial score (nSPS) is 13.1. The second kappa shape index (κ2) is 9.05. The van der Waals surface area contributed by atoms with Crippen molar-refractivity contribution in [2.75, 3.05) is 19.0 Å². The Bertz CT molecular complexity index is 643. The molecule has 0 aliphatic heterocycles. The average molecular weight is 328 g/mol. The second-order valence-corrected chi connectivity index (χ2v) is 5.74. The molecular formula is C19H24N2O3. The highest BCUT2D eigenvalue weighted by Gasteiger charge is 2.14. The fourth-order valence-corrected chi connectivity index (χ4v) is 2.69. The third-order valence-corrected chi connectivity index (χ3v) is 3.88. The van der Waals surface area contributed by atoms with Crippen molar-refractivity contribution in [1.29, 1.82) is 0 Å². The van der Waals surface area contributed by atoms with Gasteiger partial charge in [0, 0.05) is 11.7 Å². The van der Waals surface area contributed by atoms with Crippen molar-refractivity contribution >= 4 is 12.1 Å². The van der Waals surface area contributed by atoms with Gasteiger partial charge in [0.2, 0.25) is 6.41 Å². The summed E-state index contributed by atoms with van der Waals surface area (Å²) in [6.07, 6.45) is 1.49. The van der Waals surface area contributed by atoms with Gasteiger partial charge in [-0.25, -0.2) is 0 Å². The lowest BCUT2D eigenvalue weighted by Gasteiger charge is -2.22. The summed E-state index contributed by atoms with van der Waals surface area (Å²) in [6, 6.07) is 15.4. The highest BCUT2D eigenvalue weighted by Crippen LogP contribution is 2.19. The number of carbonyl (C=O) groups excluding carboxylic acids is 1. The molecule has 0 aliphatic rings. The predicted molar refractivity (Wildman–Crippen MR) is 95.3 cm³/mol. The predicted octanol–water partition coefficient (Wildman–Crippen LogP) is 2.52. The molecule has 3 N–H and O–H groups in total. The number of ether oxygens (including phenoxy) is 1. The number of carbonyl (C=O) groups is 1. The molecule has 128 valence electrons. The molecule has 1 amide bonds. The van der Waals surface area contributed by atoms with Crippen LogP contribution in [0.15, 0.2) is 48.5 Å². The quantitative estimate of drug-likeness (QED) is 0.619. The van der Waals surface area contributed by atoms with E-state index in [4.69, 9.17) is 4.74 Å². The Balaban J connectivity index is 2.00. The number of aliphatic hydroxyl groups is 1. The van der Waals surface area contributed by atoms with Crippen LogP contribution in [0.3, 0.4) is 0 Å². The molecule has 2 rings (SSSR count). The summed E-state index contributed by atoms with van der Waals surface area (Å²) in [6.45, 7) is 2.07. The highest BCUT2D eigenvalue weighted by atomic mass is 16.5. The van der Waals surface area contributed by atoms with Crippen molar-refractivity contribution in [3.63, 3.8) is 0 Å². The zero-order valence-electron chi connectivity index (χ0n) is 14.0. The molecule has 0 spiro atoms. The number of methoxy groups -OCH3 is 1. The highest BCUT2D eigenvalue weighted by molar-refractivity contribution is 5.71. The summed E-state index contributed by atoms with van der Waals surface area (Å²) in [5.41, 5.74) is 2.85. The molecule has 5 nitrogen and oxygen atoms in total. The van der Waals surface area contributed by atoms with E-state index < -0.39 is 0 Å². The Labute approximate surface area is 142 Å². The fraction of sp³-hybridized carbons (Fsp3) is 0.316. The topological polar surface area (TPSA) is 70.6 Å². The molecule has 0 radical (unpaired) electrons. The molecule has 0 saturated carbocycles. The van der Waals surface area contributed by atoms with Crippen molar-refractivity contribution in [1.82, 2.24) is 5.32 Å². The summed E-state index contributed by atoms with van der Waals surface area (Å²) in [7, 11) is 1.65. The van der Waals surface area contributed by atoms with E-state index in [0.29, 0.717) is 12.1 Å². The van der Waals surface area contributed by atoms with Crippen LogP contribution in [0.5, 0.6) is 5.75 Å². The smallest absolute Gasteiger partial charge is 0.211 e. The zero-order valence-corrected chi connectivity index (χ0v) is 14.0. The van der Waals surface area contributed by atoms with E-state index in [0.717, 1.165) is 17.7 Å². The molecule has 2 atom stereocenters. The minimum atomic E-state index is -0.188. The van der Waals surface area contributed by atoms with E-state index in [-0.39, 0.29) is 18.7 Å². The minimum Gasteiger partial charge on any atom is -0.497 e. The summed E-state index contributed by atoms with van der Waals surface area (Å²) in [5.74, 6) is 0.840. The summed E-state index contributed by atoms with van der Waals surface area (Å²) >= 11 is 0. The van der Waals surface area contributed by atoms with E-state index in [1.807, 2.05) is 48.5 Å². The Kier molecular flexibility index (Phi) is 6.78. The van der Waals surface area contributed by atoms with E-state index >= 15 is 0 Å². The van der Waals surface area contributed by atoms with Gasteiger partial charge in [0.05, 0.1) is 19.8 Å². The molecule has 0 heterocycles. The molecule has 2 aromatic carbocycles. The van der Waals surface area contributed by atoms with Crippen LogP contribution in [0.4, 0.5) is 5.69 Å². The first-order valence-corrected chi connectivity index (χ1v) is 7.96. The van der Waals surface area contributed by atoms with Crippen molar-refractivity contribution in [2.24, 2.45) is 0 Å². The standard InChI is InChI=1S/C19H24N2O3/c1-14(10-15-6-8-18(24-2)9-7-15)21-19(12-22)16-4-3-5-17(11-16)20-13-23/h3-9,11,13-14,19,21-22H,10,12H2,1-2H3,(H,20,23)/t14-,19-/m1/s1. The molecule has 0 aromatic heterocycles. The van der Waals surface area contributed by atoms with Crippen molar-refractivity contribution in [3.05, 3.63) is 59.7 Å². The van der Waals surface area contributed by atoms with Crippen LogP contribution in [0.1, 0.15) is 24.1 Å². The van der Waals surface area contributed by atoms with E-state index in [1.165, 1.54) is 5.56 Å². The summed E-state index contributed by atoms with van der Waals surface area (Å²) < 4.78 is 5.17. The van der Waals surface area contributed by atoms with Gasteiger partial charge in [-0.05, 0) is 48.7 Å². The van der Waals surface area contributed by atoms with E-state index in [1.54, 1.807) is 7.11 Å². The number of anilines is 1. The van der Waals surface area contributed by atoms with Gasteiger partial charge in [-0.3, -0.25) is 4.79 Å². The lowest BCUT2D eigenvalue weighted by Crippen LogP contribution is -2.34. The van der Waals surface area contributed by atoms with Gasteiger partial charge < -0.3 is 20.5 Å². The maximum Gasteiger partial charge on any atom is 0.211 e. The zero-order chi connectivity index (χ0) is 17.4. The molecule has 0 unspecified atom stereocenters. The molecular weight excluding hydrogens is 304 g/mol. The molecule has 0 bridgehead atoms. The van der Waals surface area contributed by atoms with Crippen LogP contribution in [-0.2, 0) is 11.2 Å². The van der Waals surface area contributed by atoms with Crippen LogP contribution in [-0.4, -0.2) is 31.3 Å². The Morgan fingerprint density at radius 1 is 1.21 bits per heavy atom. The third-order valence-electron chi connectivity index (χ3n) is 3.88. The van der Waals surface area contributed by atoms with E-state index in [9.17, 15) is 9.90 Å². The van der Waals surface area contributed by atoms with Gasteiger partial charge in [0.1, 0.15) is 5.75 Å². The van der Waals surface area contributed by atoms with Gasteiger partial charge in [0.25, 0.3) is 0 Å². The average Bonchev–Trinajstić information content (AvgIpc) is 2.61. The first-order valence-electron chi connectivity index (χ1n) is 7.96. The van der Waals surface area contributed by atoms with Crippen molar-refractivity contribution in [3.8, 4) is 5.75 Å². The number of hydrogen-bond donors (Lipinski definition) is 3. The maximum atomic E-state index is 10.6. The lowest BCUT2D eigenvalue weighted by atomic mass is 10.0. The van der Waals surface area contributed by atoms with Crippen molar-refractivity contribution in [2.45, 2.75) is 25.4 Å². The Hall–Kier alpha value is -2.37. The van der Waals surface area contributed by atoms with Gasteiger partial charge in [-0.2, -0.15) is 0 Å². The molecule has 0 aliphatic carbocycles. The van der Waals surface area contributed by atoms with Crippen LogP contribution < -0.4 is 15.4 Å². The first-order chi connectivity index (χ1) is 11.7. The number of rotatable bonds is 9. The van der Waals surface area contributed by atoms with Crippen LogP contribution in [0.25, 0.3) is 0 Å². The summed E-state index contributed by atoms with van der Waals surface area (Å²) in [4.78, 5) is 10.6. The number of benzene rings is 2. The number of nitrogens with one attached hydrogen (secondary N) is 2. The lowest BCUT2D eigenvalue weighted by molar-refractivity contribution is -0.105. The number of amides is 1. The molecule has 24 heavy (non-hydrogen) atoms. The first kappa shape index (κ1) is 18.0. The number of hydrogen-bond acceptors (Lipinski definition) is 4. The van der Waals surface area contributed by atoms with E-state index in [2.05, 4.69) is 17.6 Å². The SMILES string of the molecule is COc1ccc(C[C@@H](C)N[C@H](CO)c2cccc(NC=O)c2)cc1. The molecule has 0 fully saturated rings. The Morgan fingerprint density at radius 3 is 2.58 bits per heavy atom. The van der Waals surface area contributed by atoms with Gasteiger partial charge >= 0.3 is 0 Å². The van der Waals surface area contributed by atoms with Crippen LogP contribution in [0.2, 0.25) is 0 Å². The Morgan fingerprint density at radius 2 is 1.96 bits per heavy atom. The van der Waals surface area contributed by atoms with Gasteiger partial charge in [-0.15, -0.1) is 0 Å². The van der Waals surface area contributed by atoms with Crippen molar-refractivity contribution < 1.29 is 14.6 Å². The largest absolute Gasteiger partial charge is 0.497 e.